The number of methoxy groups -OCH3 is 1. The van der Waals surface area contributed by atoms with E-state index < -0.39 is 23.2 Å². The highest BCUT2D eigenvalue weighted by molar-refractivity contribution is 5.90. The van der Waals surface area contributed by atoms with E-state index >= 15 is 0 Å². The van der Waals surface area contributed by atoms with Gasteiger partial charge < -0.3 is 15.2 Å². The van der Waals surface area contributed by atoms with Gasteiger partial charge in [0.05, 0.1) is 18.4 Å². The Morgan fingerprint density at radius 3 is 2.43 bits per heavy atom. The van der Waals surface area contributed by atoms with E-state index in [0.717, 1.165) is 6.07 Å². The lowest BCUT2D eigenvalue weighted by Crippen LogP contribution is -2.09. The third-order valence-corrected chi connectivity index (χ3v) is 2.84. The van der Waals surface area contributed by atoms with Gasteiger partial charge in [0.15, 0.2) is 0 Å². The normalized spacial score (nSPS) is 10.2. The number of anilines is 1. The van der Waals surface area contributed by atoms with E-state index in [1.165, 1.54) is 7.11 Å². The Balaban J connectivity index is 2.06. The molecule has 2 aromatic rings. The summed E-state index contributed by atoms with van der Waals surface area (Å²) in [7, 11) is 1.54. The third kappa shape index (κ3) is 3.47. The van der Waals surface area contributed by atoms with Crippen molar-refractivity contribution in [1.29, 1.82) is 0 Å². The maximum atomic E-state index is 13.5. The lowest BCUT2D eigenvalue weighted by atomic mass is 10.2. The molecule has 2 rings (SSSR count). The largest absolute Gasteiger partial charge is 0.497 e. The van der Waals surface area contributed by atoms with Crippen molar-refractivity contribution in [2.45, 2.75) is 6.61 Å². The summed E-state index contributed by atoms with van der Waals surface area (Å²) in [6.07, 6.45) is 0. The number of halogens is 2. The van der Waals surface area contributed by atoms with Crippen LogP contribution in [0.3, 0.4) is 0 Å². The van der Waals surface area contributed by atoms with Crippen molar-refractivity contribution < 1.29 is 23.0 Å². The zero-order valence-electron chi connectivity index (χ0n) is 11.2. The van der Waals surface area contributed by atoms with Gasteiger partial charge >= 0.3 is 5.97 Å². The van der Waals surface area contributed by atoms with Crippen LogP contribution in [-0.2, 0) is 11.3 Å². The number of carbonyl (C=O) groups is 1. The van der Waals surface area contributed by atoms with E-state index in [1.807, 2.05) is 0 Å². The average molecular weight is 293 g/mol. The van der Waals surface area contributed by atoms with Crippen molar-refractivity contribution in [1.82, 2.24) is 0 Å². The smallest absolute Gasteiger partial charge is 0.341 e. The predicted molar refractivity (Wildman–Crippen MR) is 72.9 cm³/mol. The molecule has 4 nitrogen and oxygen atoms in total. The summed E-state index contributed by atoms with van der Waals surface area (Å²) < 4.78 is 36.5. The molecule has 0 atom stereocenters. The number of hydrogen-bond donors (Lipinski definition) is 1. The molecule has 0 aliphatic rings. The predicted octanol–water partition coefficient (Wildman–Crippen LogP) is 2.91. The second-order valence-electron chi connectivity index (χ2n) is 4.28. The first kappa shape index (κ1) is 14.8. The van der Waals surface area contributed by atoms with Gasteiger partial charge in [0.1, 0.15) is 24.0 Å². The van der Waals surface area contributed by atoms with E-state index in [2.05, 4.69) is 0 Å². The summed E-state index contributed by atoms with van der Waals surface area (Å²) in [6.45, 7) is -0.0421. The van der Waals surface area contributed by atoms with Gasteiger partial charge in [-0.25, -0.2) is 13.6 Å². The van der Waals surface area contributed by atoms with Crippen molar-refractivity contribution in [3.63, 3.8) is 0 Å². The number of nitrogen functional groups attached to an aromatic ring is 1. The van der Waals surface area contributed by atoms with Gasteiger partial charge in [-0.15, -0.1) is 0 Å². The molecule has 0 heterocycles. The molecular weight excluding hydrogens is 280 g/mol. The number of carbonyl (C=O) groups excluding carboxylic acids is 1. The van der Waals surface area contributed by atoms with Crippen LogP contribution < -0.4 is 10.5 Å². The summed E-state index contributed by atoms with van der Waals surface area (Å²) in [4.78, 5) is 11.8. The van der Waals surface area contributed by atoms with Crippen LogP contribution in [0.1, 0.15) is 15.9 Å². The molecule has 0 saturated heterocycles. The molecule has 0 aliphatic heterocycles. The number of rotatable bonds is 4. The van der Waals surface area contributed by atoms with Gasteiger partial charge in [-0.1, -0.05) is 12.1 Å². The second kappa shape index (κ2) is 6.21. The Hall–Kier alpha value is -2.63. The number of benzene rings is 2. The standard InChI is InChI=1S/C15H13F2NO3/c1-20-10-4-2-9(3-5-10)8-21-15(19)11-6-14(18)13(17)7-12(11)16/h2-7H,8,18H2,1H3. The molecule has 0 saturated carbocycles. The molecule has 0 spiro atoms. The van der Waals surface area contributed by atoms with Crippen molar-refractivity contribution >= 4 is 11.7 Å². The molecule has 0 unspecified atom stereocenters. The van der Waals surface area contributed by atoms with Gasteiger partial charge in [-0.05, 0) is 23.8 Å². The first-order valence-corrected chi connectivity index (χ1v) is 6.06. The molecule has 0 aliphatic carbocycles. The molecule has 6 heteroatoms. The lowest BCUT2D eigenvalue weighted by molar-refractivity contribution is 0.0467. The van der Waals surface area contributed by atoms with Crippen LogP contribution >= 0.6 is 0 Å². The molecule has 21 heavy (non-hydrogen) atoms. The Kier molecular flexibility index (Phi) is 4.37. The minimum Gasteiger partial charge on any atom is -0.497 e. The zero-order valence-corrected chi connectivity index (χ0v) is 11.2. The van der Waals surface area contributed by atoms with E-state index in [0.29, 0.717) is 17.4 Å². The summed E-state index contributed by atoms with van der Waals surface area (Å²) >= 11 is 0. The first-order chi connectivity index (χ1) is 10.0. The average Bonchev–Trinajstić information content (AvgIpc) is 2.49. The lowest BCUT2D eigenvalue weighted by Gasteiger charge is -2.07. The van der Waals surface area contributed by atoms with Crippen LogP contribution in [0.25, 0.3) is 0 Å². The summed E-state index contributed by atoms with van der Waals surface area (Å²) in [5, 5.41) is 0. The highest BCUT2D eigenvalue weighted by Gasteiger charge is 2.16. The van der Waals surface area contributed by atoms with Crippen molar-refractivity contribution in [2.75, 3.05) is 12.8 Å². The van der Waals surface area contributed by atoms with Crippen LogP contribution in [0.15, 0.2) is 36.4 Å². The maximum absolute atomic E-state index is 13.5. The van der Waals surface area contributed by atoms with Crippen LogP contribution in [0.2, 0.25) is 0 Å². The van der Waals surface area contributed by atoms with Gasteiger partial charge in [0.2, 0.25) is 0 Å². The quantitative estimate of drug-likeness (QED) is 0.695. The van der Waals surface area contributed by atoms with E-state index in [9.17, 15) is 13.6 Å². The number of hydrogen-bond acceptors (Lipinski definition) is 4. The topological polar surface area (TPSA) is 61.5 Å². The molecule has 0 bridgehead atoms. The third-order valence-electron chi connectivity index (χ3n) is 2.84. The zero-order chi connectivity index (χ0) is 15.4. The Morgan fingerprint density at radius 2 is 1.81 bits per heavy atom. The SMILES string of the molecule is COc1ccc(COC(=O)c2cc(N)c(F)cc2F)cc1. The summed E-state index contributed by atoms with van der Waals surface area (Å²) in [5.41, 5.74) is 5.30. The van der Waals surface area contributed by atoms with Crippen LogP contribution in [-0.4, -0.2) is 13.1 Å². The number of ether oxygens (including phenoxy) is 2. The Labute approximate surface area is 120 Å². The molecule has 110 valence electrons. The monoisotopic (exact) mass is 293 g/mol. The van der Waals surface area contributed by atoms with E-state index in [-0.39, 0.29) is 12.3 Å². The minimum atomic E-state index is -1.01. The van der Waals surface area contributed by atoms with Crippen LogP contribution in [0.4, 0.5) is 14.5 Å². The molecule has 2 N–H and O–H groups in total. The molecule has 0 fully saturated rings. The highest BCUT2D eigenvalue weighted by Crippen LogP contribution is 2.18. The van der Waals surface area contributed by atoms with Crippen LogP contribution in [0.5, 0.6) is 5.75 Å². The van der Waals surface area contributed by atoms with Crippen molar-refractivity contribution in [3.05, 3.63) is 59.2 Å². The number of nitrogens with two attached hydrogens (primary N) is 1. The maximum Gasteiger partial charge on any atom is 0.341 e. The fourth-order valence-corrected chi connectivity index (χ4v) is 1.67. The van der Waals surface area contributed by atoms with Crippen molar-refractivity contribution in [3.8, 4) is 5.75 Å². The van der Waals surface area contributed by atoms with Gasteiger partial charge in [-0.2, -0.15) is 0 Å². The molecule has 2 aromatic carbocycles. The first-order valence-electron chi connectivity index (χ1n) is 6.06. The Bertz CT molecular complexity index is 657. The second-order valence-corrected chi connectivity index (χ2v) is 4.28. The molecule has 0 amide bonds. The van der Waals surface area contributed by atoms with Crippen molar-refractivity contribution in [2.24, 2.45) is 0 Å². The van der Waals surface area contributed by atoms with Gasteiger partial charge in [0, 0.05) is 6.07 Å². The fourth-order valence-electron chi connectivity index (χ4n) is 1.67. The fraction of sp³-hybridized carbons (Fsp3) is 0.133. The van der Waals surface area contributed by atoms with Crippen LogP contribution in [0, 0.1) is 11.6 Å². The summed E-state index contributed by atoms with van der Waals surface area (Å²) in [5.74, 6) is -2.17. The Morgan fingerprint density at radius 1 is 1.14 bits per heavy atom. The number of esters is 1. The van der Waals surface area contributed by atoms with Gasteiger partial charge in [-0.3, -0.25) is 0 Å². The summed E-state index contributed by atoms with van der Waals surface area (Å²) in [6, 6.07) is 8.31. The molecule has 0 aromatic heterocycles. The highest BCUT2D eigenvalue weighted by atomic mass is 19.1. The molecule has 0 radical (unpaired) electrons. The van der Waals surface area contributed by atoms with E-state index in [1.54, 1.807) is 24.3 Å². The molecular formula is C15H13F2NO3. The van der Waals surface area contributed by atoms with Gasteiger partial charge in [0.25, 0.3) is 0 Å². The van der Waals surface area contributed by atoms with E-state index in [4.69, 9.17) is 15.2 Å². The minimum absolute atomic E-state index is 0.0421.